The molecule has 1 atom stereocenters. The van der Waals surface area contributed by atoms with Crippen molar-refractivity contribution in [3.8, 4) is 5.75 Å². The molecule has 0 aromatic heterocycles. The number of halogens is 2. The molecule has 21 heavy (non-hydrogen) atoms. The molecule has 0 spiro atoms. The molecule has 1 aromatic rings. The fourth-order valence-electron chi connectivity index (χ4n) is 2.80. The highest BCUT2D eigenvalue weighted by Crippen LogP contribution is 2.29. The van der Waals surface area contributed by atoms with Crippen LogP contribution in [0.1, 0.15) is 37.8 Å². The van der Waals surface area contributed by atoms with Crippen LogP contribution >= 0.6 is 24.8 Å². The number of hydrogen-bond donors (Lipinski definition) is 1. The van der Waals surface area contributed by atoms with E-state index < -0.39 is 0 Å². The lowest BCUT2D eigenvalue weighted by molar-refractivity contribution is 0.163. The van der Waals surface area contributed by atoms with Gasteiger partial charge in [-0.25, -0.2) is 0 Å². The molecule has 1 heterocycles. The molecule has 5 heteroatoms. The normalized spacial score (nSPS) is 16.5. The number of methoxy groups -OCH3 is 1. The van der Waals surface area contributed by atoms with Gasteiger partial charge in [0.1, 0.15) is 5.75 Å². The summed E-state index contributed by atoms with van der Waals surface area (Å²) < 4.78 is 5.37. The van der Waals surface area contributed by atoms with Gasteiger partial charge >= 0.3 is 0 Å². The van der Waals surface area contributed by atoms with Crippen LogP contribution in [0.3, 0.4) is 0 Å². The summed E-state index contributed by atoms with van der Waals surface area (Å²) >= 11 is 0. The van der Waals surface area contributed by atoms with Crippen LogP contribution in [0.5, 0.6) is 5.75 Å². The van der Waals surface area contributed by atoms with Gasteiger partial charge in [-0.05, 0) is 24.1 Å². The van der Waals surface area contributed by atoms with Crippen LogP contribution in [0, 0.1) is 0 Å². The van der Waals surface area contributed by atoms with Crippen molar-refractivity contribution in [1.82, 2.24) is 10.2 Å². The third kappa shape index (κ3) is 6.03. The second kappa shape index (κ2) is 11.1. The lowest BCUT2D eigenvalue weighted by Gasteiger charge is -2.35. The molecule has 0 bridgehead atoms. The number of benzene rings is 1. The molecule has 0 radical (unpaired) electrons. The Balaban J connectivity index is 0.00000200. The third-order valence-electron chi connectivity index (χ3n) is 3.90. The van der Waals surface area contributed by atoms with Gasteiger partial charge in [0.25, 0.3) is 0 Å². The van der Waals surface area contributed by atoms with Crippen LogP contribution in [0.2, 0.25) is 0 Å². The molecule has 0 aliphatic carbocycles. The quantitative estimate of drug-likeness (QED) is 0.858. The van der Waals surface area contributed by atoms with E-state index >= 15 is 0 Å². The molecular formula is C16H28Cl2N2O. The van der Waals surface area contributed by atoms with Gasteiger partial charge in [-0.3, -0.25) is 4.90 Å². The van der Waals surface area contributed by atoms with Crippen molar-refractivity contribution >= 4 is 24.8 Å². The van der Waals surface area contributed by atoms with Crippen LogP contribution in [0.15, 0.2) is 24.3 Å². The number of ether oxygens (including phenoxy) is 1. The number of nitrogens with one attached hydrogen (secondary N) is 1. The fraction of sp³-hybridized carbons (Fsp3) is 0.625. The Morgan fingerprint density at radius 2 is 1.95 bits per heavy atom. The van der Waals surface area contributed by atoms with Gasteiger partial charge in [-0.1, -0.05) is 31.9 Å². The first kappa shape index (κ1) is 20.5. The summed E-state index contributed by atoms with van der Waals surface area (Å²) in [7, 11) is 1.74. The van der Waals surface area contributed by atoms with Crippen LogP contribution < -0.4 is 10.1 Å². The van der Waals surface area contributed by atoms with E-state index in [2.05, 4.69) is 35.3 Å². The first-order chi connectivity index (χ1) is 9.35. The Labute approximate surface area is 141 Å². The molecule has 1 aliphatic rings. The maximum Gasteiger partial charge on any atom is 0.119 e. The van der Waals surface area contributed by atoms with E-state index in [0.29, 0.717) is 6.04 Å². The molecule has 0 amide bonds. The van der Waals surface area contributed by atoms with Gasteiger partial charge < -0.3 is 10.1 Å². The average molecular weight is 335 g/mol. The molecule has 0 saturated carbocycles. The monoisotopic (exact) mass is 334 g/mol. The minimum absolute atomic E-state index is 0. The summed E-state index contributed by atoms with van der Waals surface area (Å²) in [6.45, 7) is 6.76. The summed E-state index contributed by atoms with van der Waals surface area (Å²) in [5, 5.41) is 3.43. The van der Waals surface area contributed by atoms with Gasteiger partial charge in [0.15, 0.2) is 0 Å². The predicted octanol–water partition coefficient (Wildman–Crippen LogP) is 3.68. The Morgan fingerprint density at radius 3 is 2.57 bits per heavy atom. The van der Waals surface area contributed by atoms with Crippen molar-refractivity contribution < 1.29 is 4.74 Å². The van der Waals surface area contributed by atoms with Crippen LogP contribution in [-0.4, -0.2) is 38.2 Å². The maximum atomic E-state index is 5.37. The number of hydrogen-bond acceptors (Lipinski definition) is 3. The lowest BCUT2D eigenvalue weighted by Crippen LogP contribution is -2.45. The van der Waals surface area contributed by atoms with Gasteiger partial charge in [0, 0.05) is 32.2 Å². The van der Waals surface area contributed by atoms with Crippen molar-refractivity contribution in [2.75, 3.05) is 33.3 Å². The van der Waals surface area contributed by atoms with Crippen LogP contribution in [-0.2, 0) is 0 Å². The van der Waals surface area contributed by atoms with Crippen molar-refractivity contribution in [1.29, 1.82) is 0 Å². The second-order valence-electron chi connectivity index (χ2n) is 5.22. The first-order valence-corrected chi connectivity index (χ1v) is 7.44. The van der Waals surface area contributed by atoms with Crippen molar-refractivity contribution in [3.63, 3.8) is 0 Å². The van der Waals surface area contributed by atoms with Gasteiger partial charge in [0.2, 0.25) is 0 Å². The number of nitrogens with zero attached hydrogens (tertiary/aromatic N) is 1. The summed E-state index contributed by atoms with van der Waals surface area (Å²) in [6.07, 6.45) is 3.78. The molecule has 3 nitrogen and oxygen atoms in total. The molecule has 1 aromatic carbocycles. The zero-order valence-electron chi connectivity index (χ0n) is 13.0. The highest BCUT2D eigenvalue weighted by atomic mass is 35.5. The largest absolute Gasteiger partial charge is 0.497 e. The van der Waals surface area contributed by atoms with E-state index in [1.54, 1.807) is 7.11 Å². The average Bonchev–Trinajstić information content (AvgIpc) is 2.49. The summed E-state index contributed by atoms with van der Waals surface area (Å²) in [5.74, 6) is 0.967. The smallest absolute Gasteiger partial charge is 0.119 e. The Bertz CT molecular complexity index is 384. The van der Waals surface area contributed by atoms with E-state index in [9.17, 15) is 0 Å². The predicted molar refractivity (Wildman–Crippen MR) is 94.2 cm³/mol. The maximum absolute atomic E-state index is 5.37. The standard InChI is InChI=1S/C16H26N2O.2ClH/c1-3-4-8-16(18-11-9-17-10-12-18)14-6-5-7-15(13-14)19-2;;/h5-7,13,16-17H,3-4,8-12H2,1-2H3;2*1H/t16-;;/m1../s1. The van der Waals surface area contributed by atoms with Gasteiger partial charge in [-0.2, -0.15) is 0 Å². The molecule has 122 valence electrons. The van der Waals surface area contributed by atoms with Gasteiger partial charge in [0.05, 0.1) is 7.11 Å². The lowest BCUT2D eigenvalue weighted by atomic mass is 9.98. The molecule has 1 fully saturated rings. The highest BCUT2D eigenvalue weighted by Gasteiger charge is 2.21. The second-order valence-corrected chi connectivity index (χ2v) is 5.22. The van der Waals surface area contributed by atoms with Crippen LogP contribution in [0.25, 0.3) is 0 Å². The minimum atomic E-state index is 0. The van der Waals surface area contributed by atoms with E-state index in [-0.39, 0.29) is 24.8 Å². The first-order valence-electron chi connectivity index (χ1n) is 7.44. The Morgan fingerprint density at radius 1 is 1.24 bits per heavy atom. The molecule has 1 saturated heterocycles. The van der Waals surface area contributed by atoms with Crippen molar-refractivity contribution in [3.05, 3.63) is 29.8 Å². The topological polar surface area (TPSA) is 24.5 Å². The molecule has 2 rings (SSSR count). The zero-order valence-corrected chi connectivity index (χ0v) is 14.6. The Kier molecular flexibility index (Phi) is 10.9. The third-order valence-corrected chi connectivity index (χ3v) is 3.90. The fourth-order valence-corrected chi connectivity index (χ4v) is 2.80. The molecular weight excluding hydrogens is 307 g/mol. The summed E-state index contributed by atoms with van der Waals surface area (Å²) in [6, 6.07) is 9.11. The number of rotatable bonds is 6. The summed E-state index contributed by atoms with van der Waals surface area (Å²) in [4.78, 5) is 2.61. The van der Waals surface area contributed by atoms with Crippen LogP contribution in [0.4, 0.5) is 0 Å². The number of piperazine rings is 1. The highest BCUT2D eigenvalue weighted by molar-refractivity contribution is 5.85. The van der Waals surface area contributed by atoms with E-state index in [4.69, 9.17) is 4.74 Å². The molecule has 1 N–H and O–H groups in total. The number of unbranched alkanes of at least 4 members (excludes halogenated alkanes) is 1. The molecule has 0 unspecified atom stereocenters. The van der Waals surface area contributed by atoms with Crippen molar-refractivity contribution in [2.45, 2.75) is 32.2 Å². The van der Waals surface area contributed by atoms with E-state index in [0.717, 1.165) is 31.9 Å². The van der Waals surface area contributed by atoms with E-state index in [1.165, 1.54) is 24.8 Å². The SMILES string of the molecule is CCCC[C@H](c1cccc(OC)c1)N1CCNCC1.Cl.Cl. The zero-order chi connectivity index (χ0) is 13.5. The Hall–Kier alpha value is -0.480. The minimum Gasteiger partial charge on any atom is -0.497 e. The van der Waals surface area contributed by atoms with Gasteiger partial charge in [-0.15, -0.1) is 24.8 Å². The van der Waals surface area contributed by atoms with E-state index in [1.807, 2.05) is 6.07 Å². The summed E-state index contributed by atoms with van der Waals surface area (Å²) in [5.41, 5.74) is 1.40. The molecule has 1 aliphatic heterocycles. The van der Waals surface area contributed by atoms with Crippen molar-refractivity contribution in [2.24, 2.45) is 0 Å².